The first-order valence-electron chi connectivity index (χ1n) is 5.20. The van der Waals surface area contributed by atoms with Gasteiger partial charge in [0.15, 0.2) is 0 Å². The Morgan fingerprint density at radius 2 is 2.24 bits per heavy atom. The Labute approximate surface area is 112 Å². The number of thiophene rings is 1. The molecule has 1 heterocycles. The largest absolute Gasteiger partial charge is 0.496 e. The third kappa shape index (κ3) is 2.87. The van der Waals surface area contributed by atoms with Gasteiger partial charge in [-0.15, -0.1) is 0 Å². The van der Waals surface area contributed by atoms with Gasteiger partial charge in [0.2, 0.25) is 0 Å². The molecule has 1 unspecified atom stereocenters. The maximum Gasteiger partial charge on any atom is 0.131 e. The summed E-state index contributed by atoms with van der Waals surface area (Å²) >= 11 is 5.18. The maximum atomic E-state index is 13.8. The number of methoxy groups -OCH3 is 1. The minimum atomic E-state index is -0.235. The van der Waals surface area contributed by atoms with Gasteiger partial charge in [0.1, 0.15) is 11.6 Å². The van der Waals surface area contributed by atoms with Crippen molar-refractivity contribution in [1.82, 2.24) is 0 Å². The summed E-state index contributed by atoms with van der Waals surface area (Å²) < 4.78 is 19.0. The van der Waals surface area contributed by atoms with Crippen molar-refractivity contribution in [2.45, 2.75) is 11.2 Å². The number of hydrogen-bond donors (Lipinski definition) is 0. The number of alkyl halides is 1. The van der Waals surface area contributed by atoms with Crippen LogP contribution in [-0.4, -0.2) is 7.11 Å². The average molecular weight is 315 g/mol. The Kier molecular flexibility index (Phi) is 4.18. The molecule has 1 nitrogen and oxygen atoms in total. The fraction of sp³-hybridized carbons (Fsp3) is 0.231. The van der Waals surface area contributed by atoms with E-state index in [0.29, 0.717) is 11.3 Å². The summed E-state index contributed by atoms with van der Waals surface area (Å²) in [6.45, 7) is 0. The summed E-state index contributed by atoms with van der Waals surface area (Å²) in [5.41, 5.74) is 1.78. The second-order valence-electron chi connectivity index (χ2n) is 3.66. The van der Waals surface area contributed by atoms with E-state index in [-0.39, 0.29) is 10.6 Å². The van der Waals surface area contributed by atoms with Crippen LogP contribution in [0.3, 0.4) is 0 Å². The lowest BCUT2D eigenvalue weighted by Gasteiger charge is -2.14. The molecule has 0 bridgehead atoms. The Bertz CT molecular complexity index is 484. The molecule has 0 saturated carbocycles. The predicted molar refractivity (Wildman–Crippen MR) is 72.6 cm³/mol. The molecule has 0 saturated heterocycles. The number of benzene rings is 1. The van der Waals surface area contributed by atoms with Gasteiger partial charge in [0.25, 0.3) is 0 Å². The van der Waals surface area contributed by atoms with Gasteiger partial charge in [-0.2, -0.15) is 11.3 Å². The van der Waals surface area contributed by atoms with Gasteiger partial charge in [-0.25, -0.2) is 4.39 Å². The molecule has 4 heteroatoms. The Balaban J connectivity index is 2.26. The second kappa shape index (κ2) is 5.65. The zero-order valence-corrected chi connectivity index (χ0v) is 11.7. The lowest BCUT2D eigenvalue weighted by atomic mass is 10.0. The van der Waals surface area contributed by atoms with Gasteiger partial charge < -0.3 is 4.74 Å². The SMILES string of the molecule is COc1cccc(F)c1C(Br)Cc1ccsc1. The normalized spacial score (nSPS) is 12.4. The summed E-state index contributed by atoms with van der Waals surface area (Å²) in [7, 11) is 1.56. The standard InChI is InChI=1S/C13H12BrFOS/c1-16-12-4-2-3-11(15)13(12)10(14)7-9-5-6-17-8-9/h2-6,8,10H,7H2,1H3. The Hall–Kier alpha value is -0.870. The topological polar surface area (TPSA) is 9.23 Å². The van der Waals surface area contributed by atoms with Gasteiger partial charge in [-0.3, -0.25) is 0 Å². The fourth-order valence-electron chi connectivity index (χ4n) is 1.72. The first-order valence-corrected chi connectivity index (χ1v) is 7.05. The Morgan fingerprint density at radius 1 is 1.41 bits per heavy atom. The highest BCUT2D eigenvalue weighted by molar-refractivity contribution is 9.09. The molecule has 0 aliphatic rings. The lowest BCUT2D eigenvalue weighted by Crippen LogP contribution is -2.01. The van der Waals surface area contributed by atoms with E-state index in [1.54, 1.807) is 30.6 Å². The van der Waals surface area contributed by atoms with E-state index in [0.717, 1.165) is 6.42 Å². The van der Waals surface area contributed by atoms with Crippen molar-refractivity contribution in [3.63, 3.8) is 0 Å². The third-order valence-electron chi connectivity index (χ3n) is 2.54. The van der Waals surface area contributed by atoms with E-state index in [1.165, 1.54) is 11.6 Å². The van der Waals surface area contributed by atoms with Crippen LogP contribution in [0.25, 0.3) is 0 Å². The highest BCUT2D eigenvalue weighted by Gasteiger charge is 2.18. The van der Waals surface area contributed by atoms with Crippen molar-refractivity contribution in [2.24, 2.45) is 0 Å². The Morgan fingerprint density at radius 3 is 2.88 bits per heavy atom. The molecule has 2 aromatic rings. The van der Waals surface area contributed by atoms with Crippen molar-refractivity contribution in [3.8, 4) is 5.75 Å². The van der Waals surface area contributed by atoms with Crippen LogP contribution in [0.2, 0.25) is 0 Å². The molecule has 0 fully saturated rings. The zero-order chi connectivity index (χ0) is 12.3. The quantitative estimate of drug-likeness (QED) is 0.751. The minimum Gasteiger partial charge on any atom is -0.496 e. The molecule has 1 aromatic carbocycles. The highest BCUT2D eigenvalue weighted by Crippen LogP contribution is 2.35. The summed E-state index contributed by atoms with van der Waals surface area (Å²) in [6.07, 6.45) is 0.751. The van der Waals surface area contributed by atoms with E-state index in [9.17, 15) is 4.39 Å². The molecule has 0 spiro atoms. The highest BCUT2D eigenvalue weighted by atomic mass is 79.9. The molecule has 0 N–H and O–H groups in total. The molecule has 0 aliphatic carbocycles. The average Bonchev–Trinajstić information content (AvgIpc) is 2.81. The van der Waals surface area contributed by atoms with E-state index in [2.05, 4.69) is 21.3 Å². The smallest absolute Gasteiger partial charge is 0.131 e. The number of rotatable bonds is 4. The van der Waals surface area contributed by atoms with Gasteiger partial charge in [0, 0.05) is 5.56 Å². The molecular weight excluding hydrogens is 303 g/mol. The monoisotopic (exact) mass is 314 g/mol. The minimum absolute atomic E-state index is 0.0757. The molecule has 17 heavy (non-hydrogen) atoms. The van der Waals surface area contributed by atoms with E-state index >= 15 is 0 Å². The first-order chi connectivity index (χ1) is 8.22. The van der Waals surface area contributed by atoms with Crippen LogP contribution >= 0.6 is 27.3 Å². The third-order valence-corrected chi connectivity index (χ3v) is 4.05. The summed E-state index contributed by atoms with van der Waals surface area (Å²) in [6, 6.07) is 6.94. The lowest BCUT2D eigenvalue weighted by molar-refractivity contribution is 0.404. The van der Waals surface area contributed by atoms with Crippen molar-refractivity contribution in [1.29, 1.82) is 0 Å². The van der Waals surface area contributed by atoms with Crippen molar-refractivity contribution in [2.75, 3.05) is 7.11 Å². The van der Waals surface area contributed by atoms with Gasteiger partial charge >= 0.3 is 0 Å². The van der Waals surface area contributed by atoms with Crippen LogP contribution in [-0.2, 0) is 6.42 Å². The van der Waals surface area contributed by atoms with Crippen molar-refractivity contribution >= 4 is 27.3 Å². The molecule has 0 amide bonds. The molecule has 2 rings (SSSR count). The second-order valence-corrected chi connectivity index (χ2v) is 5.54. The van der Waals surface area contributed by atoms with Crippen LogP contribution in [0.5, 0.6) is 5.75 Å². The molecule has 0 aliphatic heterocycles. The van der Waals surface area contributed by atoms with Crippen LogP contribution in [0.1, 0.15) is 16.0 Å². The molecular formula is C13H12BrFOS. The van der Waals surface area contributed by atoms with Gasteiger partial charge in [-0.05, 0) is 40.9 Å². The number of halogens is 2. The van der Waals surface area contributed by atoms with Gasteiger partial charge in [0.05, 0.1) is 11.9 Å². The molecule has 1 aromatic heterocycles. The molecule has 1 atom stereocenters. The zero-order valence-electron chi connectivity index (χ0n) is 9.32. The predicted octanol–water partition coefficient (Wildman–Crippen LogP) is 4.57. The maximum absolute atomic E-state index is 13.8. The fourth-order valence-corrected chi connectivity index (χ4v) is 3.22. The van der Waals surface area contributed by atoms with Crippen molar-refractivity contribution in [3.05, 3.63) is 52.0 Å². The summed E-state index contributed by atoms with van der Waals surface area (Å²) in [5.74, 6) is 0.351. The molecule has 0 radical (unpaired) electrons. The van der Waals surface area contributed by atoms with Crippen LogP contribution in [0, 0.1) is 5.82 Å². The van der Waals surface area contributed by atoms with Crippen LogP contribution in [0.15, 0.2) is 35.0 Å². The first kappa shape index (κ1) is 12.6. The number of hydrogen-bond acceptors (Lipinski definition) is 2. The van der Waals surface area contributed by atoms with Crippen molar-refractivity contribution < 1.29 is 9.13 Å². The van der Waals surface area contributed by atoms with Crippen LogP contribution < -0.4 is 4.74 Å². The van der Waals surface area contributed by atoms with E-state index in [4.69, 9.17) is 4.74 Å². The van der Waals surface area contributed by atoms with E-state index < -0.39 is 0 Å². The summed E-state index contributed by atoms with van der Waals surface area (Å²) in [5, 5.41) is 4.09. The van der Waals surface area contributed by atoms with Crippen LogP contribution in [0.4, 0.5) is 4.39 Å². The number of ether oxygens (including phenoxy) is 1. The summed E-state index contributed by atoms with van der Waals surface area (Å²) in [4.78, 5) is -0.0757. The van der Waals surface area contributed by atoms with E-state index in [1.807, 2.05) is 11.4 Å². The van der Waals surface area contributed by atoms with Gasteiger partial charge in [-0.1, -0.05) is 22.0 Å². The molecule has 90 valence electrons.